The van der Waals surface area contributed by atoms with Gasteiger partial charge in [0.15, 0.2) is 0 Å². The van der Waals surface area contributed by atoms with Gasteiger partial charge in [-0.05, 0) is 61.7 Å². The van der Waals surface area contributed by atoms with Gasteiger partial charge in [-0.1, -0.05) is 13.8 Å². The molecule has 4 rings (SSSR count). The van der Waals surface area contributed by atoms with Crippen molar-refractivity contribution in [2.45, 2.75) is 76.8 Å². The SMILES string of the molecule is CC12CC3CC(C)(C1)CC(NC(=O)[C@@H](N)CCC(=O)O)(C3)C2. The first-order chi connectivity index (χ1) is 10.1. The second-order valence-corrected chi connectivity index (χ2v) is 8.94. The number of hydrogen-bond acceptors (Lipinski definition) is 3. The van der Waals surface area contributed by atoms with Crippen molar-refractivity contribution >= 4 is 11.9 Å². The molecule has 124 valence electrons. The van der Waals surface area contributed by atoms with Gasteiger partial charge < -0.3 is 16.2 Å². The zero-order valence-electron chi connectivity index (χ0n) is 13.7. The summed E-state index contributed by atoms with van der Waals surface area (Å²) in [5.74, 6) is -0.365. The highest BCUT2D eigenvalue weighted by Crippen LogP contribution is 2.66. The Morgan fingerprint density at radius 3 is 2.27 bits per heavy atom. The molecule has 0 saturated heterocycles. The zero-order chi connectivity index (χ0) is 16.2. The minimum absolute atomic E-state index is 0.0559. The molecule has 1 amide bonds. The van der Waals surface area contributed by atoms with E-state index in [9.17, 15) is 9.59 Å². The van der Waals surface area contributed by atoms with Crippen molar-refractivity contribution in [2.75, 3.05) is 0 Å². The maximum absolute atomic E-state index is 12.4. The Labute approximate surface area is 132 Å². The molecule has 0 aliphatic heterocycles. The molecule has 3 atom stereocenters. The van der Waals surface area contributed by atoms with E-state index in [-0.39, 0.29) is 24.3 Å². The summed E-state index contributed by atoms with van der Waals surface area (Å²) in [5.41, 5.74) is 6.45. The molecule has 0 aromatic carbocycles. The van der Waals surface area contributed by atoms with Crippen molar-refractivity contribution in [3.05, 3.63) is 0 Å². The summed E-state index contributed by atoms with van der Waals surface area (Å²) in [6.45, 7) is 4.72. The lowest BCUT2D eigenvalue weighted by Gasteiger charge is -2.65. The van der Waals surface area contributed by atoms with E-state index < -0.39 is 12.0 Å². The maximum Gasteiger partial charge on any atom is 0.303 e. The lowest BCUT2D eigenvalue weighted by molar-refractivity contribution is -0.141. The van der Waals surface area contributed by atoms with Gasteiger partial charge in [-0.25, -0.2) is 0 Å². The molecule has 5 heteroatoms. The molecule has 4 aliphatic rings. The fourth-order valence-electron chi connectivity index (χ4n) is 6.35. The van der Waals surface area contributed by atoms with Gasteiger partial charge in [0.2, 0.25) is 5.91 Å². The quantitative estimate of drug-likeness (QED) is 0.724. The Balaban J connectivity index is 1.69. The Morgan fingerprint density at radius 1 is 1.18 bits per heavy atom. The second-order valence-electron chi connectivity index (χ2n) is 8.94. The monoisotopic (exact) mass is 308 g/mol. The van der Waals surface area contributed by atoms with E-state index in [2.05, 4.69) is 19.2 Å². The summed E-state index contributed by atoms with van der Waals surface area (Å²) in [6.07, 6.45) is 7.13. The van der Waals surface area contributed by atoms with Gasteiger partial charge in [-0.15, -0.1) is 0 Å². The molecule has 5 nitrogen and oxygen atoms in total. The fraction of sp³-hybridized carbons (Fsp3) is 0.882. The molecule has 0 radical (unpaired) electrons. The highest BCUT2D eigenvalue weighted by molar-refractivity contribution is 5.83. The molecular formula is C17H28N2O3. The minimum Gasteiger partial charge on any atom is -0.481 e. The number of carbonyl (C=O) groups is 2. The lowest BCUT2D eigenvalue weighted by atomic mass is 9.43. The zero-order valence-corrected chi connectivity index (χ0v) is 13.7. The molecule has 0 spiro atoms. The normalized spacial score (nSPS) is 43.9. The minimum atomic E-state index is -0.905. The molecule has 0 aromatic rings. The van der Waals surface area contributed by atoms with Gasteiger partial charge in [0.25, 0.3) is 0 Å². The Hall–Kier alpha value is -1.10. The molecule has 4 bridgehead atoms. The third kappa shape index (κ3) is 2.87. The van der Waals surface area contributed by atoms with Crippen molar-refractivity contribution in [3.63, 3.8) is 0 Å². The number of hydrogen-bond donors (Lipinski definition) is 3. The van der Waals surface area contributed by atoms with Crippen LogP contribution >= 0.6 is 0 Å². The summed E-state index contributed by atoms with van der Waals surface area (Å²) >= 11 is 0. The highest BCUT2D eigenvalue weighted by atomic mass is 16.4. The molecule has 4 fully saturated rings. The van der Waals surface area contributed by atoms with Crippen LogP contribution in [0.4, 0.5) is 0 Å². The number of amides is 1. The average Bonchev–Trinajstić information content (AvgIpc) is 2.30. The van der Waals surface area contributed by atoms with Crippen LogP contribution in [-0.2, 0) is 9.59 Å². The third-order valence-corrected chi connectivity index (χ3v) is 6.02. The van der Waals surface area contributed by atoms with Crippen LogP contribution in [0.15, 0.2) is 0 Å². The van der Waals surface area contributed by atoms with Crippen molar-refractivity contribution in [1.82, 2.24) is 5.32 Å². The number of carboxylic acid groups (broad SMARTS) is 1. The maximum atomic E-state index is 12.4. The second kappa shape index (κ2) is 4.95. The van der Waals surface area contributed by atoms with Gasteiger partial charge in [-0.3, -0.25) is 9.59 Å². The van der Waals surface area contributed by atoms with Crippen LogP contribution < -0.4 is 11.1 Å². The predicted octanol–water partition coefficient (Wildman–Crippen LogP) is 2.04. The molecule has 0 heterocycles. The molecule has 4 aliphatic carbocycles. The smallest absolute Gasteiger partial charge is 0.303 e. The number of rotatable bonds is 5. The van der Waals surface area contributed by atoms with Crippen LogP contribution in [-0.4, -0.2) is 28.6 Å². The number of carbonyl (C=O) groups excluding carboxylic acids is 1. The van der Waals surface area contributed by atoms with Gasteiger partial charge >= 0.3 is 5.97 Å². The average molecular weight is 308 g/mol. The summed E-state index contributed by atoms with van der Waals surface area (Å²) < 4.78 is 0. The Bertz CT molecular complexity index is 486. The Kier molecular flexibility index (Phi) is 3.55. The van der Waals surface area contributed by atoms with Gasteiger partial charge in [-0.2, -0.15) is 0 Å². The van der Waals surface area contributed by atoms with E-state index in [1.54, 1.807) is 0 Å². The van der Waals surface area contributed by atoms with Crippen LogP contribution in [0.5, 0.6) is 0 Å². The lowest BCUT2D eigenvalue weighted by Crippen LogP contribution is -2.66. The van der Waals surface area contributed by atoms with E-state index in [1.165, 1.54) is 19.3 Å². The summed E-state index contributed by atoms with van der Waals surface area (Å²) in [6, 6.07) is -0.718. The van der Waals surface area contributed by atoms with Gasteiger partial charge in [0.1, 0.15) is 0 Å². The van der Waals surface area contributed by atoms with Gasteiger partial charge in [0, 0.05) is 12.0 Å². The van der Waals surface area contributed by atoms with Crippen LogP contribution in [0.25, 0.3) is 0 Å². The first kappa shape index (κ1) is 15.8. The van der Waals surface area contributed by atoms with Crippen molar-refractivity contribution in [2.24, 2.45) is 22.5 Å². The standard InChI is InChI=1S/C17H28N2O3/c1-15-5-11-6-16(2,8-15)10-17(7-11,9-15)19-14(22)12(18)3-4-13(20)21/h11-12H,3-10,18H2,1-2H3,(H,19,22)(H,20,21)/t11?,12-,15?,16?,17?/m0/s1. The van der Waals surface area contributed by atoms with Crippen LogP contribution in [0, 0.1) is 16.7 Å². The van der Waals surface area contributed by atoms with Crippen LogP contribution in [0.2, 0.25) is 0 Å². The number of carboxylic acids is 1. The molecule has 0 aromatic heterocycles. The fourth-order valence-corrected chi connectivity index (χ4v) is 6.35. The highest BCUT2D eigenvalue weighted by Gasteiger charge is 2.60. The van der Waals surface area contributed by atoms with Crippen LogP contribution in [0.3, 0.4) is 0 Å². The number of aliphatic carboxylic acids is 1. The van der Waals surface area contributed by atoms with E-state index >= 15 is 0 Å². The summed E-state index contributed by atoms with van der Waals surface area (Å²) in [4.78, 5) is 23.1. The number of nitrogens with two attached hydrogens (primary N) is 1. The molecule has 4 N–H and O–H groups in total. The third-order valence-electron chi connectivity index (χ3n) is 6.02. The topological polar surface area (TPSA) is 92.4 Å². The Morgan fingerprint density at radius 2 is 1.77 bits per heavy atom. The van der Waals surface area contributed by atoms with Crippen molar-refractivity contribution in [1.29, 1.82) is 0 Å². The summed E-state index contributed by atoms with van der Waals surface area (Å²) in [7, 11) is 0. The summed E-state index contributed by atoms with van der Waals surface area (Å²) in [5, 5.41) is 12.0. The van der Waals surface area contributed by atoms with Gasteiger partial charge in [0.05, 0.1) is 6.04 Å². The van der Waals surface area contributed by atoms with E-state index in [1.807, 2.05) is 0 Å². The first-order valence-electron chi connectivity index (χ1n) is 8.42. The van der Waals surface area contributed by atoms with Crippen LogP contribution in [0.1, 0.15) is 65.2 Å². The van der Waals surface area contributed by atoms with E-state index in [0.29, 0.717) is 16.7 Å². The van der Waals surface area contributed by atoms with E-state index in [4.69, 9.17) is 10.8 Å². The number of nitrogens with one attached hydrogen (secondary N) is 1. The molecule has 4 saturated carbocycles. The molecule has 2 unspecified atom stereocenters. The van der Waals surface area contributed by atoms with E-state index in [0.717, 1.165) is 19.3 Å². The molecular weight excluding hydrogens is 280 g/mol. The molecule has 22 heavy (non-hydrogen) atoms. The van der Waals surface area contributed by atoms with Crippen molar-refractivity contribution < 1.29 is 14.7 Å². The predicted molar refractivity (Wildman–Crippen MR) is 83.1 cm³/mol. The first-order valence-corrected chi connectivity index (χ1v) is 8.42. The largest absolute Gasteiger partial charge is 0.481 e. The van der Waals surface area contributed by atoms with Crippen molar-refractivity contribution in [3.8, 4) is 0 Å².